The molecule has 2 aliphatic heterocycles. The van der Waals surface area contributed by atoms with Gasteiger partial charge in [-0.2, -0.15) is 0 Å². The Kier molecular flexibility index (Phi) is 3.49. The number of hydrogen-bond donors (Lipinski definition) is 1. The summed E-state index contributed by atoms with van der Waals surface area (Å²) in [6, 6.07) is 8.86. The minimum atomic E-state index is 0.955. The number of nitrogens with one attached hydrogen (secondary N) is 1. The zero-order valence-corrected chi connectivity index (χ0v) is 10.9. The van der Waals surface area contributed by atoms with Crippen molar-refractivity contribution in [1.82, 2.24) is 5.32 Å². The van der Waals surface area contributed by atoms with Crippen molar-refractivity contribution in [2.24, 2.45) is 4.99 Å². The summed E-state index contributed by atoms with van der Waals surface area (Å²) < 4.78 is 0. The second-order valence-corrected chi connectivity index (χ2v) is 5.11. The molecule has 2 aliphatic rings. The highest BCUT2D eigenvalue weighted by atomic mass is 15.1. The Morgan fingerprint density at radius 1 is 0.944 bits per heavy atom. The zero-order chi connectivity index (χ0) is 12.2. The molecule has 1 aromatic rings. The summed E-state index contributed by atoms with van der Waals surface area (Å²) in [7, 11) is 0. The average Bonchev–Trinajstić information content (AvgIpc) is 2.49. The second kappa shape index (κ2) is 5.42. The fourth-order valence-corrected chi connectivity index (χ4v) is 2.71. The van der Waals surface area contributed by atoms with Crippen LogP contribution < -0.4 is 10.2 Å². The third kappa shape index (κ3) is 2.50. The Balaban J connectivity index is 1.73. The molecule has 3 nitrogen and oxygen atoms in total. The van der Waals surface area contributed by atoms with Gasteiger partial charge in [0.15, 0.2) is 0 Å². The first-order valence-corrected chi connectivity index (χ1v) is 7.07. The van der Waals surface area contributed by atoms with Crippen LogP contribution in [0.4, 0.5) is 5.69 Å². The number of rotatable bonds is 2. The van der Waals surface area contributed by atoms with Gasteiger partial charge in [0.2, 0.25) is 0 Å². The number of nitrogens with zero attached hydrogens (tertiary/aromatic N) is 2. The molecule has 0 radical (unpaired) electrons. The third-order valence-corrected chi connectivity index (χ3v) is 3.76. The highest BCUT2D eigenvalue weighted by Gasteiger charge is 2.12. The van der Waals surface area contributed by atoms with E-state index >= 15 is 0 Å². The maximum Gasteiger partial charge on any atom is 0.128 e. The molecule has 0 amide bonds. The SMILES string of the molecule is c1cc(N2CCCCC2)ccc1C1=NCCCN1. The molecule has 18 heavy (non-hydrogen) atoms. The lowest BCUT2D eigenvalue weighted by Gasteiger charge is -2.29. The van der Waals surface area contributed by atoms with E-state index in [9.17, 15) is 0 Å². The number of hydrogen-bond acceptors (Lipinski definition) is 3. The molecule has 3 heteroatoms. The van der Waals surface area contributed by atoms with Crippen molar-refractivity contribution in [1.29, 1.82) is 0 Å². The average molecular weight is 243 g/mol. The van der Waals surface area contributed by atoms with Gasteiger partial charge in [0, 0.05) is 37.4 Å². The first-order valence-electron chi connectivity index (χ1n) is 7.07. The van der Waals surface area contributed by atoms with Crippen molar-refractivity contribution in [3.63, 3.8) is 0 Å². The number of amidine groups is 1. The maximum absolute atomic E-state index is 4.53. The molecular formula is C15H21N3. The van der Waals surface area contributed by atoms with Crippen molar-refractivity contribution in [3.05, 3.63) is 29.8 Å². The highest BCUT2D eigenvalue weighted by molar-refractivity contribution is 5.99. The summed E-state index contributed by atoms with van der Waals surface area (Å²) in [6.07, 6.45) is 5.19. The molecule has 3 rings (SSSR count). The van der Waals surface area contributed by atoms with Crippen molar-refractivity contribution < 1.29 is 0 Å². The van der Waals surface area contributed by atoms with E-state index in [4.69, 9.17) is 0 Å². The maximum atomic E-state index is 4.53. The summed E-state index contributed by atoms with van der Waals surface area (Å²) in [6.45, 7) is 4.42. The Labute approximate surface area is 109 Å². The van der Waals surface area contributed by atoms with E-state index in [0.717, 1.165) is 25.3 Å². The van der Waals surface area contributed by atoms with E-state index < -0.39 is 0 Å². The van der Waals surface area contributed by atoms with Crippen LogP contribution in [0.25, 0.3) is 0 Å². The van der Waals surface area contributed by atoms with Gasteiger partial charge in [-0.05, 0) is 49.9 Å². The smallest absolute Gasteiger partial charge is 0.128 e. The largest absolute Gasteiger partial charge is 0.372 e. The van der Waals surface area contributed by atoms with Gasteiger partial charge in [-0.3, -0.25) is 4.99 Å². The van der Waals surface area contributed by atoms with Crippen LogP contribution in [0.1, 0.15) is 31.2 Å². The van der Waals surface area contributed by atoms with E-state index in [1.165, 1.54) is 43.6 Å². The number of benzene rings is 1. The van der Waals surface area contributed by atoms with E-state index in [1.54, 1.807) is 0 Å². The molecule has 0 unspecified atom stereocenters. The lowest BCUT2D eigenvalue weighted by atomic mass is 10.1. The van der Waals surface area contributed by atoms with Crippen molar-refractivity contribution in [3.8, 4) is 0 Å². The Morgan fingerprint density at radius 3 is 2.39 bits per heavy atom. The second-order valence-electron chi connectivity index (χ2n) is 5.11. The van der Waals surface area contributed by atoms with Crippen LogP contribution >= 0.6 is 0 Å². The van der Waals surface area contributed by atoms with Gasteiger partial charge in [-0.25, -0.2) is 0 Å². The molecule has 0 bridgehead atoms. The van der Waals surface area contributed by atoms with Crippen LogP contribution in [0.15, 0.2) is 29.3 Å². The van der Waals surface area contributed by atoms with Crippen LogP contribution in [0.5, 0.6) is 0 Å². The molecule has 0 spiro atoms. The van der Waals surface area contributed by atoms with Gasteiger partial charge in [0.05, 0.1) is 0 Å². The number of aliphatic imine (C=N–C) groups is 1. The number of piperidine rings is 1. The Hall–Kier alpha value is -1.51. The summed E-state index contributed by atoms with van der Waals surface area (Å²) in [5.41, 5.74) is 2.57. The van der Waals surface area contributed by atoms with Gasteiger partial charge in [0.1, 0.15) is 5.84 Å². The van der Waals surface area contributed by atoms with Crippen molar-refractivity contribution >= 4 is 11.5 Å². The monoisotopic (exact) mass is 243 g/mol. The fourth-order valence-electron chi connectivity index (χ4n) is 2.71. The van der Waals surface area contributed by atoms with Crippen LogP contribution in [0, 0.1) is 0 Å². The number of anilines is 1. The van der Waals surface area contributed by atoms with E-state index in [2.05, 4.69) is 39.5 Å². The minimum Gasteiger partial charge on any atom is -0.372 e. The first-order chi connectivity index (χ1) is 8.93. The van der Waals surface area contributed by atoms with E-state index in [0.29, 0.717) is 0 Å². The lowest BCUT2D eigenvalue weighted by molar-refractivity contribution is 0.578. The van der Waals surface area contributed by atoms with Crippen LogP contribution in [0.2, 0.25) is 0 Å². The lowest BCUT2D eigenvalue weighted by Crippen LogP contribution is -2.31. The van der Waals surface area contributed by atoms with Crippen molar-refractivity contribution in [2.75, 3.05) is 31.1 Å². The quantitative estimate of drug-likeness (QED) is 0.864. The Bertz CT molecular complexity index is 416. The Morgan fingerprint density at radius 2 is 1.72 bits per heavy atom. The van der Waals surface area contributed by atoms with Gasteiger partial charge in [-0.15, -0.1) is 0 Å². The third-order valence-electron chi connectivity index (χ3n) is 3.76. The van der Waals surface area contributed by atoms with E-state index in [1.807, 2.05) is 0 Å². The van der Waals surface area contributed by atoms with Crippen molar-refractivity contribution in [2.45, 2.75) is 25.7 Å². The molecule has 1 saturated heterocycles. The first kappa shape index (κ1) is 11.6. The fraction of sp³-hybridized carbons (Fsp3) is 0.533. The summed E-state index contributed by atoms with van der Waals surface area (Å²) in [5.74, 6) is 1.06. The zero-order valence-electron chi connectivity index (χ0n) is 10.9. The highest BCUT2D eigenvalue weighted by Crippen LogP contribution is 2.20. The molecule has 0 aliphatic carbocycles. The topological polar surface area (TPSA) is 27.6 Å². The standard InChI is InChI=1S/C15H21N3/c1-2-11-18(12-3-1)14-7-5-13(6-8-14)15-16-9-4-10-17-15/h5-8H,1-4,9-12H2,(H,16,17). The minimum absolute atomic E-state index is 0.955. The molecule has 0 atom stereocenters. The summed E-state index contributed by atoms with van der Waals surface area (Å²) in [4.78, 5) is 7.02. The summed E-state index contributed by atoms with van der Waals surface area (Å²) >= 11 is 0. The van der Waals surface area contributed by atoms with Gasteiger partial charge in [-0.1, -0.05) is 0 Å². The predicted octanol–water partition coefficient (Wildman–Crippen LogP) is 2.42. The summed E-state index contributed by atoms with van der Waals surface area (Å²) in [5, 5.41) is 3.37. The molecule has 0 saturated carbocycles. The molecule has 96 valence electrons. The van der Waals surface area contributed by atoms with Crippen LogP contribution in [-0.2, 0) is 0 Å². The molecule has 0 aromatic heterocycles. The van der Waals surface area contributed by atoms with Crippen LogP contribution in [-0.4, -0.2) is 32.0 Å². The van der Waals surface area contributed by atoms with Gasteiger partial charge >= 0.3 is 0 Å². The van der Waals surface area contributed by atoms with Crippen LogP contribution in [0.3, 0.4) is 0 Å². The molecule has 1 aromatic carbocycles. The van der Waals surface area contributed by atoms with Gasteiger partial charge < -0.3 is 10.2 Å². The van der Waals surface area contributed by atoms with Gasteiger partial charge in [0.25, 0.3) is 0 Å². The van der Waals surface area contributed by atoms with E-state index in [-0.39, 0.29) is 0 Å². The molecule has 1 N–H and O–H groups in total. The molecule has 1 fully saturated rings. The normalized spacial score (nSPS) is 20.2. The molecule has 2 heterocycles. The molecular weight excluding hydrogens is 222 g/mol. The predicted molar refractivity (Wildman–Crippen MR) is 76.5 cm³/mol.